The summed E-state index contributed by atoms with van der Waals surface area (Å²) < 4.78 is 20.2. The van der Waals surface area contributed by atoms with Crippen molar-refractivity contribution in [3.05, 3.63) is 58.3 Å². The van der Waals surface area contributed by atoms with E-state index in [1.807, 2.05) is 31.2 Å². The molecule has 0 aliphatic rings. The molecule has 3 rings (SSSR count). The largest absolute Gasteiger partial charge is 0.380 e. The first-order valence-corrected chi connectivity index (χ1v) is 7.14. The van der Waals surface area contributed by atoms with Gasteiger partial charge in [0.25, 0.3) is 0 Å². The molecule has 1 heterocycles. The minimum atomic E-state index is -0.385. The van der Waals surface area contributed by atoms with Crippen molar-refractivity contribution in [2.75, 3.05) is 5.73 Å². The number of anilines is 1. The normalized spacial score (nSPS) is 10.8. The van der Waals surface area contributed by atoms with Crippen LogP contribution in [0.4, 0.5) is 10.2 Å². The zero-order valence-corrected chi connectivity index (χ0v) is 12.8. The number of nitrogens with two attached hydrogens (primary N) is 1. The monoisotopic (exact) mass is 346 g/mol. The van der Waals surface area contributed by atoms with E-state index < -0.39 is 0 Å². The molecule has 0 radical (unpaired) electrons. The molecule has 1 aromatic heterocycles. The Kier molecular flexibility index (Phi) is 3.51. The smallest absolute Gasteiger partial charge is 0.179 e. The quantitative estimate of drug-likeness (QED) is 0.724. The van der Waals surface area contributed by atoms with E-state index in [1.54, 1.807) is 12.1 Å². The van der Waals surface area contributed by atoms with Crippen LogP contribution in [0.25, 0.3) is 22.5 Å². The highest BCUT2D eigenvalue weighted by Crippen LogP contribution is 2.39. The number of benzene rings is 2. The molecule has 3 nitrogen and oxygen atoms in total. The number of aryl methyl sites for hydroxylation is 1. The lowest BCUT2D eigenvalue weighted by molar-refractivity contribution is 0.433. The third kappa shape index (κ3) is 2.45. The van der Waals surface area contributed by atoms with Crippen LogP contribution >= 0.6 is 15.9 Å². The van der Waals surface area contributed by atoms with Crippen molar-refractivity contribution in [3.8, 4) is 22.5 Å². The minimum Gasteiger partial charge on any atom is -0.380 e. The Bertz CT molecular complexity index is 814. The zero-order chi connectivity index (χ0) is 15.0. The predicted octanol–water partition coefficient (Wildman–Crippen LogP) is 4.80. The maximum absolute atomic E-state index is 14.1. The maximum atomic E-state index is 14.1. The van der Waals surface area contributed by atoms with Gasteiger partial charge in [-0.25, -0.2) is 4.39 Å². The van der Waals surface area contributed by atoms with Crippen molar-refractivity contribution in [1.82, 2.24) is 5.16 Å². The van der Waals surface area contributed by atoms with Crippen molar-refractivity contribution >= 4 is 21.7 Å². The van der Waals surface area contributed by atoms with Gasteiger partial charge in [-0.15, -0.1) is 0 Å². The molecule has 0 saturated heterocycles. The van der Waals surface area contributed by atoms with Gasteiger partial charge < -0.3 is 10.3 Å². The second kappa shape index (κ2) is 5.33. The summed E-state index contributed by atoms with van der Waals surface area (Å²) in [5.41, 5.74) is 8.77. The van der Waals surface area contributed by atoms with Crippen LogP contribution in [0, 0.1) is 12.7 Å². The molecule has 0 spiro atoms. The van der Waals surface area contributed by atoms with Gasteiger partial charge in [-0.1, -0.05) is 45.4 Å². The Morgan fingerprint density at radius 3 is 2.67 bits per heavy atom. The molecule has 21 heavy (non-hydrogen) atoms. The molecule has 2 N–H and O–H groups in total. The van der Waals surface area contributed by atoms with Gasteiger partial charge in [0, 0.05) is 4.47 Å². The number of hydrogen-bond donors (Lipinski definition) is 1. The molecule has 2 aromatic carbocycles. The van der Waals surface area contributed by atoms with Crippen LogP contribution in [0.2, 0.25) is 0 Å². The molecule has 0 amide bonds. The van der Waals surface area contributed by atoms with Gasteiger partial charge in [0.2, 0.25) is 0 Å². The second-order valence-electron chi connectivity index (χ2n) is 4.71. The van der Waals surface area contributed by atoms with E-state index in [1.165, 1.54) is 6.07 Å². The summed E-state index contributed by atoms with van der Waals surface area (Å²) in [4.78, 5) is 0. The van der Waals surface area contributed by atoms with Gasteiger partial charge >= 0.3 is 0 Å². The summed E-state index contributed by atoms with van der Waals surface area (Å²) in [5, 5.41) is 3.80. The van der Waals surface area contributed by atoms with Crippen LogP contribution in [0.3, 0.4) is 0 Å². The number of nitrogens with zero attached hydrogens (tertiary/aromatic N) is 1. The number of nitrogen functional groups attached to an aromatic ring is 1. The highest BCUT2D eigenvalue weighted by molar-refractivity contribution is 9.10. The highest BCUT2D eigenvalue weighted by Gasteiger charge is 2.21. The SMILES string of the molecule is Cc1ccccc1-c1c(N)noc1-c1cc(Br)ccc1F. The maximum Gasteiger partial charge on any atom is 0.179 e. The molecular weight excluding hydrogens is 335 g/mol. The summed E-state index contributed by atoms with van der Waals surface area (Å²) in [6.45, 7) is 1.96. The topological polar surface area (TPSA) is 52.0 Å². The highest BCUT2D eigenvalue weighted by atomic mass is 79.9. The second-order valence-corrected chi connectivity index (χ2v) is 5.63. The van der Waals surface area contributed by atoms with Crippen molar-refractivity contribution in [2.24, 2.45) is 0 Å². The van der Waals surface area contributed by atoms with Crippen molar-refractivity contribution < 1.29 is 8.91 Å². The van der Waals surface area contributed by atoms with Crippen LogP contribution in [0.15, 0.2) is 51.5 Å². The lowest BCUT2D eigenvalue weighted by Crippen LogP contribution is -1.92. The molecule has 0 aliphatic carbocycles. The molecular formula is C16H12BrFN2O. The summed E-state index contributed by atoms with van der Waals surface area (Å²) in [5.74, 6) is 0.198. The molecule has 0 fully saturated rings. The number of halogens is 2. The van der Waals surface area contributed by atoms with Crippen LogP contribution < -0.4 is 5.73 Å². The Balaban J connectivity index is 2.27. The van der Waals surface area contributed by atoms with Crippen LogP contribution in [0.5, 0.6) is 0 Å². The zero-order valence-electron chi connectivity index (χ0n) is 11.2. The predicted molar refractivity (Wildman–Crippen MR) is 84.2 cm³/mol. The van der Waals surface area contributed by atoms with Crippen LogP contribution in [0.1, 0.15) is 5.56 Å². The van der Waals surface area contributed by atoms with E-state index in [0.29, 0.717) is 16.9 Å². The first-order chi connectivity index (χ1) is 10.1. The fraction of sp³-hybridized carbons (Fsp3) is 0.0625. The standard InChI is InChI=1S/C16H12BrFN2O/c1-9-4-2-3-5-11(9)14-15(21-20-16(14)19)12-8-10(17)6-7-13(12)18/h2-8H,1H3,(H2,19,20). The van der Waals surface area contributed by atoms with E-state index in [0.717, 1.165) is 15.6 Å². The van der Waals surface area contributed by atoms with Gasteiger partial charge in [-0.05, 0) is 36.2 Å². The van der Waals surface area contributed by atoms with Crippen molar-refractivity contribution in [1.29, 1.82) is 0 Å². The molecule has 0 aliphatic heterocycles. The van der Waals surface area contributed by atoms with Gasteiger partial charge in [-0.3, -0.25) is 0 Å². The third-order valence-electron chi connectivity index (χ3n) is 3.31. The number of rotatable bonds is 2. The molecule has 3 aromatic rings. The van der Waals surface area contributed by atoms with Crippen molar-refractivity contribution in [2.45, 2.75) is 6.92 Å². The van der Waals surface area contributed by atoms with E-state index in [9.17, 15) is 4.39 Å². The molecule has 0 atom stereocenters. The molecule has 5 heteroatoms. The van der Waals surface area contributed by atoms with E-state index in [4.69, 9.17) is 10.3 Å². The average Bonchev–Trinajstić information content (AvgIpc) is 2.84. The van der Waals surface area contributed by atoms with Crippen LogP contribution in [-0.4, -0.2) is 5.16 Å². The van der Waals surface area contributed by atoms with E-state index in [2.05, 4.69) is 21.1 Å². The fourth-order valence-corrected chi connectivity index (χ4v) is 2.63. The Morgan fingerprint density at radius 1 is 1.14 bits per heavy atom. The first kappa shape index (κ1) is 13.8. The lowest BCUT2D eigenvalue weighted by Gasteiger charge is -2.07. The van der Waals surface area contributed by atoms with Gasteiger partial charge in [0.1, 0.15) is 5.82 Å². The summed E-state index contributed by atoms with van der Waals surface area (Å²) in [6, 6.07) is 12.4. The van der Waals surface area contributed by atoms with Gasteiger partial charge in [0.15, 0.2) is 11.6 Å². The Hall–Kier alpha value is -2.14. The first-order valence-electron chi connectivity index (χ1n) is 6.34. The lowest BCUT2D eigenvalue weighted by atomic mass is 9.97. The molecule has 0 saturated carbocycles. The Morgan fingerprint density at radius 2 is 1.90 bits per heavy atom. The number of aromatic nitrogens is 1. The molecule has 0 unspecified atom stereocenters. The van der Waals surface area contributed by atoms with E-state index in [-0.39, 0.29) is 11.6 Å². The summed E-state index contributed by atoms with van der Waals surface area (Å²) in [7, 11) is 0. The fourth-order valence-electron chi connectivity index (χ4n) is 2.27. The summed E-state index contributed by atoms with van der Waals surface area (Å²) >= 11 is 3.34. The number of hydrogen-bond acceptors (Lipinski definition) is 3. The molecule has 106 valence electrons. The third-order valence-corrected chi connectivity index (χ3v) is 3.80. The minimum absolute atomic E-state index is 0.249. The molecule has 0 bridgehead atoms. The summed E-state index contributed by atoms with van der Waals surface area (Å²) in [6.07, 6.45) is 0. The van der Waals surface area contributed by atoms with E-state index >= 15 is 0 Å². The average molecular weight is 347 g/mol. The van der Waals surface area contributed by atoms with Gasteiger partial charge in [-0.2, -0.15) is 0 Å². The van der Waals surface area contributed by atoms with Gasteiger partial charge in [0.05, 0.1) is 11.1 Å². The van der Waals surface area contributed by atoms with Crippen molar-refractivity contribution in [3.63, 3.8) is 0 Å². The van der Waals surface area contributed by atoms with Crippen LogP contribution in [-0.2, 0) is 0 Å². The Labute approximate surface area is 129 Å².